The zero-order chi connectivity index (χ0) is 15.7. The van der Waals surface area contributed by atoms with Gasteiger partial charge in [0.2, 0.25) is 0 Å². The second kappa shape index (κ2) is 5.74. The molecule has 0 fully saturated rings. The van der Waals surface area contributed by atoms with Crippen LogP contribution < -0.4 is 0 Å². The first-order valence-corrected chi connectivity index (χ1v) is 7.18. The molecule has 0 aliphatic heterocycles. The predicted molar refractivity (Wildman–Crippen MR) is 83.5 cm³/mol. The van der Waals surface area contributed by atoms with Crippen molar-refractivity contribution in [3.05, 3.63) is 32.8 Å². The molecule has 0 aliphatic rings. The van der Waals surface area contributed by atoms with Crippen LogP contribution in [0, 0.1) is 39.0 Å². The Kier molecular flexibility index (Phi) is 4.19. The van der Waals surface area contributed by atoms with Gasteiger partial charge in [-0.05, 0) is 27.7 Å². The molecule has 0 N–H and O–H groups in total. The lowest BCUT2D eigenvalue weighted by Gasteiger charge is -2.12. The number of aromatic nitrogens is 3. The highest BCUT2D eigenvalue weighted by Crippen LogP contribution is 2.31. The van der Waals surface area contributed by atoms with Crippen LogP contribution in [0.4, 0.5) is 0 Å². The summed E-state index contributed by atoms with van der Waals surface area (Å²) >= 11 is 1.53. The first-order chi connectivity index (χ1) is 9.90. The minimum Gasteiger partial charge on any atom is -0.565 e. The maximum absolute atomic E-state index is 9.56. The molecular formula is C14H15BN4OS. The summed E-state index contributed by atoms with van der Waals surface area (Å²) in [6.07, 6.45) is 0. The van der Waals surface area contributed by atoms with Gasteiger partial charge in [0.05, 0.1) is 16.4 Å². The fourth-order valence-electron chi connectivity index (χ4n) is 2.30. The lowest BCUT2D eigenvalue weighted by Crippen LogP contribution is -2.04. The molecule has 106 valence electrons. The topological polar surface area (TPSA) is 63.7 Å². The fraction of sp³-hybridized carbons (Fsp3) is 0.357. The average molecular weight is 298 g/mol. The molecule has 2 aromatic heterocycles. The minimum atomic E-state index is 0.298. The van der Waals surface area contributed by atoms with Gasteiger partial charge in [-0.25, -0.2) is 9.97 Å². The van der Waals surface area contributed by atoms with Crippen LogP contribution in [0.5, 0.6) is 0 Å². The molecule has 0 amide bonds. The molecular weight excluding hydrogens is 283 g/mol. The number of imidazole rings is 1. The van der Waals surface area contributed by atoms with E-state index in [4.69, 9.17) is 12.7 Å². The van der Waals surface area contributed by atoms with Crippen molar-refractivity contribution in [3.8, 4) is 6.07 Å². The molecule has 2 aromatic rings. The molecule has 0 spiro atoms. The minimum absolute atomic E-state index is 0.298. The van der Waals surface area contributed by atoms with Crippen molar-refractivity contribution in [1.29, 1.82) is 5.26 Å². The number of hydrogen-bond acceptors (Lipinski definition) is 5. The molecule has 2 heterocycles. The third kappa shape index (κ3) is 2.59. The van der Waals surface area contributed by atoms with E-state index in [0.29, 0.717) is 22.7 Å². The van der Waals surface area contributed by atoms with Crippen LogP contribution in [0.15, 0.2) is 0 Å². The van der Waals surface area contributed by atoms with E-state index in [0.717, 1.165) is 21.4 Å². The molecule has 0 atom stereocenters. The average Bonchev–Trinajstić information content (AvgIpc) is 2.88. The Balaban J connectivity index is 2.77. The molecule has 2 rings (SSSR count). The molecule has 0 aromatic carbocycles. The van der Waals surface area contributed by atoms with Crippen LogP contribution in [0.1, 0.15) is 32.8 Å². The number of rotatable bonds is 3. The summed E-state index contributed by atoms with van der Waals surface area (Å²) in [4.78, 5) is 9.75. The standard InChI is InChI=1S/C14H15BN4OS/c1-7-13(19(5)9(3)17-7)14(20-15)11(6-16)12-8(2)21-10(4)18-12/h1-5H3. The Bertz CT molecular complexity index is 767. The smallest absolute Gasteiger partial charge is 0.374 e. The number of hydrogen-bond donors (Lipinski definition) is 0. The highest BCUT2D eigenvalue weighted by Gasteiger charge is 2.22. The molecule has 0 unspecified atom stereocenters. The van der Waals surface area contributed by atoms with E-state index < -0.39 is 0 Å². The fourth-order valence-corrected chi connectivity index (χ4v) is 3.12. The summed E-state index contributed by atoms with van der Waals surface area (Å²) in [6, 6.07) is 2.16. The molecule has 2 radical (unpaired) electrons. The first-order valence-electron chi connectivity index (χ1n) is 6.36. The Morgan fingerprint density at radius 1 is 1.29 bits per heavy atom. The highest BCUT2D eigenvalue weighted by atomic mass is 32.1. The van der Waals surface area contributed by atoms with Crippen LogP contribution in [0.2, 0.25) is 0 Å². The van der Waals surface area contributed by atoms with Gasteiger partial charge in [0.25, 0.3) is 0 Å². The van der Waals surface area contributed by atoms with Crippen LogP contribution in [-0.4, -0.2) is 22.6 Å². The van der Waals surface area contributed by atoms with Crippen molar-refractivity contribution >= 4 is 30.7 Å². The zero-order valence-corrected chi connectivity index (χ0v) is 13.5. The molecule has 5 nitrogen and oxygen atoms in total. The lowest BCUT2D eigenvalue weighted by molar-refractivity contribution is 0.563. The number of nitrogens with zero attached hydrogens (tertiary/aromatic N) is 4. The van der Waals surface area contributed by atoms with Crippen LogP contribution in [0.3, 0.4) is 0 Å². The normalized spacial score (nSPS) is 12.0. The first kappa shape index (κ1) is 15.3. The Morgan fingerprint density at radius 3 is 2.33 bits per heavy atom. The van der Waals surface area contributed by atoms with Crippen LogP contribution in [0.25, 0.3) is 11.3 Å². The van der Waals surface area contributed by atoms with Gasteiger partial charge in [-0.15, -0.1) is 11.3 Å². The van der Waals surface area contributed by atoms with E-state index in [9.17, 15) is 5.26 Å². The largest absolute Gasteiger partial charge is 0.565 e. The molecule has 0 bridgehead atoms. The van der Waals surface area contributed by atoms with Crippen molar-refractivity contribution in [2.75, 3.05) is 0 Å². The summed E-state index contributed by atoms with van der Waals surface area (Å²) in [7, 11) is 7.31. The number of thiazole rings is 1. The van der Waals surface area contributed by atoms with Gasteiger partial charge in [0.15, 0.2) is 0 Å². The third-order valence-corrected chi connectivity index (χ3v) is 4.19. The van der Waals surface area contributed by atoms with Gasteiger partial charge >= 0.3 is 8.05 Å². The van der Waals surface area contributed by atoms with Gasteiger partial charge in [-0.2, -0.15) is 5.26 Å². The van der Waals surface area contributed by atoms with E-state index in [1.54, 1.807) is 0 Å². The van der Waals surface area contributed by atoms with Crippen molar-refractivity contribution in [2.45, 2.75) is 27.7 Å². The maximum atomic E-state index is 9.56. The van der Waals surface area contributed by atoms with Gasteiger partial charge in [0.1, 0.15) is 28.9 Å². The molecule has 21 heavy (non-hydrogen) atoms. The van der Waals surface area contributed by atoms with E-state index in [2.05, 4.69) is 16.0 Å². The predicted octanol–water partition coefficient (Wildman–Crippen LogP) is 2.60. The Labute approximate surface area is 129 Å². The summed E-state index contributed by atoms with van der Waals surface area (Å²) in [5.41, 5.74) is 2.38. The van der Waals surface area contributed by atoms with Crippen LogP contribution >= 0.6 is 11.3 Å². The lowest BCUT2D eigenvalue weighted by atomic mass is 10.1. The second-order valence-electron chi connectivity index (χ2n) is 4.72. The van der Waals surface area contributed by atoms with Crippen LogP contribution in [-0.2, 0) is 11.7 Å². The SMILES string of the molecule is [B]OC(=C(C#N)c1nc(C)sc1C)c1c(C)nc(C)n1C. The zero-order valence-electron chi connectivity index (χ0n) is 12.7. The van der Waals surface area contributed by atoms with Gasteiger partial charge in [-0.3, -0.25) is 0 Å². The monoisotopic (exact) mass is 298 g/mol. The van der Waals surface area contributed by atoms with E-state index in [1.807, 2.05) is 39.3 Å². The summed E-state index contributed by atoms with van der Waals surface area (Å²) in [5, 5.41) is 10.4. The molecule has 0 saturated carbocycles. The highest BCUT2D eigenvalue weighted by molar-refractivity contribution is 7.11. The van der Waals surface area contributed by atoms with Crippen molar-refractivity contribution < 1.29 is 4.65 Å². The second-order valence-corrected chi connectivity index (χ2v) is 6.13. The van der Waals surface area contributed by atoms with Gasteiger partial charge in [0, 0.05) is 11.9 Å². The summed E-state index contributed by atoms with van der Waals surface area (Å²) < 4.78 is 6.89. The quantitative estimate of drug-likeness (QED) is 0.496. The number of nitriles is 1. The van der Waals surface area contributed by atoms with Crippen molar-refractivity contribution in [1.82, 2.24) is 14.5 Å². The number of aryl methyl sites for hydroxylation is 4. The summed E-state index contributed by atoms with van der Waals surface area (Å²) in [6.45, 7) is 7.57. The number of allylic oxidation sites excluding steroid dienone is 1. The molecule has 0 aliphatic carbocycles. The van der Waals surface area contributed by atoms with E-state index in [1.165, 1.54) is 11.3 Å². The summed E-state index contributed by atoms with van der Waals surface area (Å²) in [5.74, 6) is 1.12. The van der Waals surface area contributed by atoms with Gasteiger partial charge in [-0.1, -0.05) is 0 Å². The Morgan fingerprint density at radius 2 is 1.95 bits per heavy atom. The van der Waals surface area contributed by atoms with E-state index in [-0.39, 0.29) is 0 Å². The molecule has 7 heteroatoms. The van der Waals surface area contributed by atoms with Crippen molar-refractivity contribution in [3.63, 3.8) is 0 Å². The van der Waals surface area contributed by atoms with Crippen molar-refractivity contribution in [2.24, 2.45) is 7.05 Å². The maximum Gasteiger partial charge on any atom is 0.374 e. The molecule has 0 saturated heterocycles. The van der Waals surface area contributed by atoms with E-state index >= 15 is 0 Å². The van der Waals surface area contributed by atoms with Gasteiger partial charge < -0.3 is 9.22 Å². The Hall–Kier alpha value is -2.07. The third-order valence-electron chi connectivity index (χ3n) is 3.31.